The van der Waals surface area contributed by atoms with Gasteiger partial charge in [0.15, 0.2) is 5.65 Å². The van der Waals surface area contributed by atoms with Crippen LogP contribution in [0.4, 0.5) is 0 Å². The summed E-state index contributed by atoms with van der Waals surface area (Å²) in [4.78, 5) is 13.2. The number of aromatic nitrogens is 3. The van der Waals surface area contributed by atoms with E-state index in [9.17, 15) is 0 Å². The molecule has 1 aliphatic heterocycles. The number of imidazole rings is 1. The lowest BCUT2D eigenvalue weighted by Crippen LogP contribution is -2.20. The molecule has 0 radical (unpaired) electrons. The average Bonchev–Trinajstić information content (AvgIpc) is 3.16. The van der Waals surface area contributed by atoms with Crippen LogP contribution in [-0.2, 0) is 0 Å². The van der Waals surface area contributed by atoms with Gasteiger partial charge in [-0.15, -0.1) is 11.3 Å². The molecular weight excluding hydrogens is 280 g/mol. The molecule has 0 saturated carbocycles. The fraction of sp³-hybridized carbons (Fsp3) is 0.375. The summed E-state index contributed by atoms with van der Waals surface area (Å²) >= 11 is 1.80. The molecule has 3 aromatic heterocycles. The number of aryl methyl sites for hydroxylation is 1. The summed E-state index contributed by atoms with van der Waals surface area (Å²) in [5.74, 6) is 1.13. The second-order valence-corrected chi connectivity index (χ2v) is 6.94. The zero-order valence-electron chi connectivity index (χ0n) is 12.3. The number of rotatable bonds is 2. The van der Waals surface area contributed by atoms with Gasteiger partial charge in [0.1, 0.15) is 16.3 Å². The lowest BCUT2D eigenvalue weighted by Gasteiger charge is -2.19. The van der Waals surface area contributed by atoms with Crippen LogP contribution in [0.2, 0.25) is 0 Å². The molecule has 0 aromatic carbocycles. The molecule has 5 heteroatoms. The van der Waals surface area contributed by atoms with Gasteiger partial charge in [0.2, 0.25) is 0 Å². The zero-order chi connectivity index (χ0) is 14.4. The molecule has 3 aromatic rings. The number of thiophene rings is 1. The molecular formula is C16H18N4S. The van der Waals surface area contributed by atoms with E-state index < -0.39 is 0 Å². The average molecular weight is 298 g/mol. The van der Waals surface area contributed by atoms with Crippen molar-refractivity contribution in [2.24, 2.45) is 0 Å². The number of likely N-dealkylation sites (tertiary alicyclic amines) is 1. The van der Waals surface area contributed by atoms with Crippen molar-refractivity contribution in [2.45, 2.75) is 25.8 Å². The number of hydrogen-bond donors (Lipinski definition) is 0. The van der Waals surface area contributed by atoms with E-state index in [1.165, 1.54) is 22.7 Å². The third-order valence-electron chi connectivity index (χ3n) is 4.21. The van der Waals surface area contributed by atoms with Crippen molar-refractivity contribution < 1.29 is 0 Å². The Kier molecular flexibility index (Phi) is 3.05. The SMILES string of the molecule is Cc1ccc(-n2c(C3CCCN3C)nc3cccnc32)s1. The van der Waals surface area contributed by atoms with Crippen molar-refractivity contribution >= 4 is 22.5 Å². The minimum absolute atomic E-state index is 0.390. The van der Waals surface area contributed by atoms with E-state index in [1.807, 2.05) is 12.3 Å². The standard InChI is InChI=1S/C16H18N4S/c1-11-7-8-14(21-11)20-15-12(5-3-9-17-15)18-16(20)13-6-4-10-19(13)2/h3,5,7-9,13H,4,6,10H2,1-2H3. The van der Waals surface area contributed by atoms with Crippen LogP contribution in [0.5, 0.6) is 0 Å². The molecule has 4 rings (SSSR count). The first kappa shape index (κ1) is 13.0. The predicted octanol–water partition coefficient (Wildman–Crippen LogP) is 3.56. The molecule has 0 spiro atoms. The van der Waals surface area contributed by atoms with Crippen molar-refractivity contribution in [3.8, 4) is 5.00 Å². The normalized spacial score (nSPS) is 19.6. The minimum Gasteiger partial charge on any atom is -0.297 e. The third-order valence-corrected chi connectivity index (χ3v) is 5.19. The number of fused-ring (bicyclic) bond motifs is 1. The van der Waals surface area contributed by atoms with Gasteiger partial charge in [0.25, 0.3) is 0 Å². The Morgan fingerprint density at radius 3 is 2.90 bits per heavy atom. The smallest absolute Gasteiger partial charge is 0.165 e. The van der Waals surface area contributed by atoms with Crippen molar-refractivity contribution in [1.82, 2.24) is 19.4 Å². The molecule has 0 aliphatic carbocycles. The van der Waals surface area contributed by atoms with Crippen molar-refractivity contribution in [3.05, 3.63) is 41.2 Å². The summed E-state index contributed by atoms with van der Waals surface area (Å²) in [6.07, 6.45) is 4.26. The van der Waals surface area contributed by atoms with Gasteiger partial charge in [-0.05, 0) is 57.6 Å². The second-order valence-electron chi connectivity index (χ2n) is 5.67. The van der Waals surface area contributed by atoms with Crippen molar-refractivity contribution in [3.63, 3.8) is 0 Å². The molecule has 21 heavy (non-hydrogen) atoms. The molecule has 0 bridgehead atoms. The lowest BCUT2D eigenvalue weighted by atomic mass is 10.2. The number of hydrogen-bond acceptors (Lipinski definition) is 4. The van der Waals surface area contributed by atoms with Crippen LogP contribution in [0, 0.1) is 6.92 Å². The lowest BCUT2D eigenvalue weighted by molar-refractivity contribution is 0.304. The van der Waals surface area contributed by atoms with E-state index in [-0.39, 0.29) is 0 Å². The van der Waals surface area contributed by atoms with Gasteiger partial charge in [-0.25, -0.2) is 9.97 Å². The highest BCUT2D eigenvalue weighted by Gasteiger charge is 2.29. The summed E-state index contributed by atoms with van der Waals surface area (Å²) < 4.78 is 2.25. The maximum Gasteiger partial charge on any atom is 0.165 e. The van der Waals surface area contributed by atoms with Crippen LogP contribution in [-0.4, -0.2) is 33.0 Å². The van der Waals surface area contributed by atoms with Crippen LogP contribution < -0.4 is 0 Å². The summed E-state index contributed by atoms with van der Waals surface area (Å²) in [6, 6.07) is 8.74. The van der Waals surface area contributed by atoms with Crippen molar-refractivity contribution in [1.29, 1.82) is 0 Å². The summed E-state index contributed by atoms with van der Waals surface area (Å²) in [5.41, 5.74) is 1.95. The fourth-order valence-corrected chi connectivity index (χ4v) is 4.02. The van der Waals surface area contributed by atoms with E-state index >= 15 is 0 Å². The highest BCUT2D eigenvalue weighted by Crippen LogP contribution is 2.34. The summed E-state index contributed by atoms with van der Waals surface area (Å²) in [5, 5.41) is 1.21. The quantitative estimate of drug-likeness (QED) is 0.725. The van der Waals surface area contributed by atoms with E-state index in [4.69, 9.17) is 4.98 Å². The van der Waals surface area contributed by atoms with Gasteiger partial charge >= 0.3 is 0 Å². The molecule has 4 heterocycles. The van der Waals surface area contributed by atoms with Crippen LogP contribution in [0.1, 0.15) is 29.6 Å². The molecule has 4 nitrogen and oxygen atoms in total. The van der Waals surface area contributed by atoms with Crippen LogP contribution in [0.25, 0.3) is 16.2 Å². The van der Waals surface area contributed by atoms with Crippen LogP contribution in [0.15, 0.2) is 30.5 Å². The summed E-state index contributed by atoms with van der Waals surface area (Å²) in [6.45, 7) is 3.28. The second kappa shape index (κ2) is 4.93. The first-order valence-electron chi connectivity index (χ1n) is 7.34. The molecule has 1 fully saturated rings. The Bertz CT molecular complexity index is 789. The molecule has 1 unspecified atom stereocenters. The zero-order valence-corrected chi connectivity index (χ0v) is 13.1. The Labute approximate surface area is 128 Å². The number of nitrogens with zero attached hydrogens (tertiary/aromatic N) is 4. The van der Waals surface area contributed by atoms with Gasteiger partial charge < -0.3 is 0 Å². The molecule has 1 saturated heterocycles. The first-order valence-corrected chi connectivity index (χ1v) is 8.16. The highest BCUT2D eigenvalue weighted by atomic mass is 32.1. The third kappa shape index (κ3) is 2.08. The number of pyridine rings is 1. The van der Waals surface area contributed by atoms with E-state index in [0.717, 1.165) is 23.5 Å². The van der Waals surface area contributed by atoms with Gasteiger partial charge in [0, 0.05) is 11.1 Å². The Morgan fingerprint density at radius 2 is 2.19 bits per heavy atom. The largest absolute Gasteiger partial charge is 0.297 e. The van der Waals surface area contributed by atoms with E-state index in [0.29, 0.717) is 6.04 Å². The van der Waals surface area contributed by atoms with Gasteiger partial charge in [-0.2, -0.15) is 0 Å². The first-order chi connectivity index (χ1) is 10.2. The van der Waals surface area contributed by atoms with E-state index in [1.54, 1.807) is 11.3 Å². The predicted molar refractivity (Wildman–Crippen MR) is 86.1 cm³/mol. The maximum absolute atomic E-state index is 4.90. The maximum atomic E-state index is 4.90. The molecule has 1 aliphatic rings. The fourth-order valence-electron chi connectivity index (χ4n) is 3.15. The molecule has 1 atom stereocenters. The summed E-state index contributed by atoms with van der Waals surface area (Å²) in [7, 11) is 2.19. The van der Waals surface area contributed by atoms with Crippen LogP contribution >= 0.6 is 11.3 Å². The van der Waals surface area contributed by atoms with Gasteiger partial charge in [-0.3, -0.25) is 9.47 Å². The van der Waals surface area contributed by atoms with E-state index in [2.05, 4.69) is 46.6 Å². The molecule has 0 amide bonds. The molecule has 0 N–H and O–H groups in total. The van der Waals surface area contributed by atoms with Crippen LogP contribution in [0.3, 0.4) is 0 Å². The van der Waals surface area contributed by atoms with Crippen molar-refractivity contribution in [2.75, 3.05) is 13.6 Å². The molecule has 108 valence electrons. The Balaban J connectivity index is 1.97. The van der Waals surface area contributed by atoms with Gasteiger partial charge in [0.05, 0.1) is 6.04 Å². The Morgan fingerprint density at radius 1 is 1.29 bits per heavy atom. The van der Waals surface area contributed by atoms with Gasteiger partial charge in [-0.1, -0.05) is 0 Å². The topological polar surface area (TPSA) is 34.0 Å². The highest BCUT2D eigenvalue weighted by molar-refractivity contribution is 7.14. The Hall–Kier alpha value is -1.72. The minimum atomic E-state index is 0.390. The monoisotopic (exact) mass is 298 g/mol.